The summed E-state index contributed by atoms with van der Waals surface area (Å²) in [5.74, 6) is 0.381. The molecule has 2 heterocycles. The van der Waals surface area contributed by atoms with Crippen molar-refractivity contribution in [3.63, 3.8) is 0 Å². The molecule has 0 aliphatic heterocycles. The van der Waals surface area contributed by atoms with E-state index in [-0.39, 0.29) is 0 Å². The first-order valence-corrected chi connectivity index (χ1v) is 7.87. The van der Waals surface area contributed by atoms with Gasteiger partial charge in [0.1, 0.15) is 0 Å². The van der Waals surface area contributed by atoms with Crippen LogP contribution in [0, 0.1) is 0 Å². The lowest BCUT2D eigenvalue weighted by Gasteiger charge is -2.28. The molecule has 0 fully saturated rings. The molecule has 1 N–H and O–H groups in total. The van der Waals surface area contributed by atoms with Crippen LogP contribution in [-0.2, 0) is 6.42 Å². The molecular formula is C20H15N3. The minimum absolute atomic E-state index is 0.381. The summed E-state index contributed by atoms with van der Waals surface area (Å²) in [5, 5.41) is 8.27. The summed E-state index contributed by atoms with van der Waals surface area (Å²) in [6.07, 6.45) is 4.87. The Hall–Kier alpha value is -2.94. The smallest absolute Gasteiger partial charge is 0.155 e. The van der Waals surface area contributed by atoms with Gasteiger partial charge in [0.2, 0.25) is 0 Å². The van der Waals surface area contributed by atoms with E-state index < -0.39 is 0 Å². The average molecular weight is 297 g/mol. The molecule has 4 aromatic rings. The van der Waals surface area contributed by atoms with Gasteiger partial charge in [-0.15, -0.1) is 0 Å². The molecule has 0 radical (unpaired) electrons. The molecule has 0 saturated carbocycles. The lowest BCUT2D eigenvalue weighted by Crippen LogP contribution is -2.13. The summed E-state index contributed by atoms with van der Waals surface area (Å²) in [6.45, 7) is 0. The van der Waals surface area contributed by atoms with Crippen molar-refractivity contribution in [3.8, 4) is 11.1 Å². The summed E-state index contributed by atoms with van der Waals surface area (Å²) < 4.78 is 0. The number of nitrogens with zero attached hydrogens (tertiary/aromatic N) is 2. The van der Waals surface area contributed by atoms with Gasteiger partial charge in [0.25, 0.3) is 0 Å². The van der Waals surface area contributed by atoms with Crippen LogP contribution in [0.3, 0.4) is 0 Å². The fourth-order valence-corrected chi connectivity index (χ4v) is 3.75. The van der Waals surface area contributed by atoms with Gasteiger partial charge in [0.15, 0.2) is 5.65 Å². The Morgan fingerprint density at radius 2 is 1.74 bits per heavy atom. The van der Waals surface area contributed by atoms with Crippen molar-refractivity contribution in [3.05, 3.63) is 83.7 Å². The molecule has 1 aliphatic carbocycles. The number of nitrogens with one attached hydrogen (secondary N) is 1. The largest absolute Gasteiger partial charge is 0.261 e. The van der Waals surface area contributed by atoms with Crippen molar-refractivity contribution < 1.29 is 0 Å². The van der Waals surface area contributed by atoms with Gasteiger partial charge in [-0.05, 0) is 34.2 Å². The number of aromatic amines is 1. The maximum absolute atomic E-state index is 4.54. The number of rotatable bonds is 1. The molecule has 0 saturated heterocycles. The molecule has 3 heteroatoms. The van der Waals surface area contributed by atoms with Crippen LogP contribution in [-0.4, -0.2) is 15.2 Å². The fraction of sp³-hybridized carbons (Fsp3) is 0.100. The number of benzene rings is 2. The third-order valence-corrected chi connectivity index (χ3v) is 4.79. The zero-order valence-electron chi connectivity index (χ0n) is 12.5. The summed E-state index contributed by atoms with van der Waals surface area (Å²) in [5.41, 5.74) is 7.49. The second-order valence-electron chi connectivity index (χ2n) is 6.05. The minimum atomic E-state index is 0.381. The van der Waals surface area contributed by atoms with E-state index in [1.54, 1.807) is 0 Å². The van der Waals surface area contributed by atoms with E-state index in [0.29, 0.717) is 5.92 Å². The van der Waals surface area contributed by atoms with Gasteiger partial charge in [0, 0.05) is 17.5 Å². The van der Waals surface area contributed by atoms with Crippen molar-refractivity contribution in [2.45, 2.75) is 12.3 Å². The highest BCUT2D eigenvalue weighted by Gasteiger charge is 2.27. The van der Waals surface area contributed by atoms with Crippen LogP contribution in [0.2, 0.25) is 0 Å². The van der Waals surface area contributed by atoms with Gasteiger partial charge in [-0.25, -0.2) is 4.98 Å². The Morgan fingerprint density at radius 1 is 0.913 bits per heavy atom. The maximum Gasteiger partial charge on any atom is 0.155 e. The Balaban J connectivity index is 1.80. The standard InChI is InChI=1S/C20H15N3/c1-2-6-13(7-3-1)17-10-14-11-21-20-18(12-22-23-20)19(14)16-9-5-4-8-15(16)17/h1-9,11-12,17H,10H2,(H,21,22,23). The molecule has 2 aromatic carbocycles. The summed E-state index contributed by atoms with van der Waals surface area (Å²) >= 11 is 0. The van der Waals surface area contributed by atoms with Gasteiger partial charge < -0.3 is 0 Å². The number of fused-ring (bicyclic) bond motifs is 5. The zero-order valence-corrected chi connectivity index (χ0v) is 12.5. The monoisotopic (exact) mass is 297 g/mol. The number of hydrogen-bond donors (Lipinski definition) is 1. The number of hydrogen-bond acceptors (Lipinski definition) is 2. The minimum Gasteiger partial charge on any atom is -0.261 e. The predicted octanol–water partition coefficient (Wildman–Crippen LogP) is 4.31. The first-order chi connectivity index (χ1) is 11.4. The second-order valence-corrected chi connectivity index (χ2v) is 6.05. The van der Waals surface area contributed by atoms with E-state index >= 15 is 0 Å². The van der Waals surface area contributed by atoms with E-state index in [0.717, 1.165) is 17.5 Å². The lowest BCUT2D eigenvalue weighted by atomic mass is 9.75. The van der Waals surface area contributed by atoms with Crippen LogP contribution in [0.25, 0.3) is 22.2 Å². The van der Waals surface area contributed by atoms with Gasteiger partial charge in [0.05, 0.1) is 6.20 Å². The normalized spacial score (nSPS) is 16.1. The predicted molar refractivity (Wildman–Crippen MR) is 91.3 cm³/mol. The third kappa shape index (κ3) is 1.83. The van der Waals surface area contributed by atoms with Crippen LogP contribution >= 0.6 is 0 Å². The molecule has 3 nitrogen and oxygen atoms in total. The highest BCUT2D eigenvalue weighted by molar-refractivity contribution is 5.96. The van der Waals surface area contributed by atoms with E-state index in [1.165, 1.54) is 27.8 Å². The van der Waals surface area contributed by atoms with Gasteiger partial charge in [-0.3, -0.25) is 5.10 Å². The summed E-state index contributed by atoms with van der Waals surface area (Å²) in [6, 6.07) is 19.5. The number of pyridine rings is 1. The van der Waals surface area contributed by atoms with Crippen molar-refractivity contribution in [2.24, 2.45) is 0 Å². The van der Waals surface area contributed by atoms with Gasteiger partial charge in [-0.2, -0.15) is 5.10 Å². The molecular weight excluding hydrogens is 282 g/mol. The molecule has 0 amide bonds. The molecule has 1 unspecified atom stereocenters. The average Bonchev–Trinajstić information content (AvgIpc) is 3.10. The topological polar surface area (TPSA) is 41.6 Å². The first-order valence-electron chi connectivity index (χ1n) is 7.87. The van der Waals surface area contributed by atoms with Gasteiger partial charge in [-0.1, -0.05) is 54.6 Å². The second kappa shape index (κ2) is 4.78. The number of H-pyrrole nitrogens is 1. The molecule has 0 spiro atoms. The molecule has 1 aliphatic rings. The van der Waals surface area contributed by atoms with E-state index in [2.05, 4.69) is 69.8 Å². The molecule has 2 aromatic heterocycles. The SMILES string of the molecule is c1ccc(C2Cc3cnc4[nH]ncc4c3-c3ccccc32)cc1. The number of aromatic nitrogens is 3. The van der Waals surface area contributed by atoms with Crippen LogP contribution in [0.15, 0.2) is 67.0 Å². The molecule has 110 valence electrons. The van der Waals surface area contributed by atoms with E-state index in [4.69, 9.17) is 0 Å². The third-order valence-electron chi connectivity index (χ3n) is 4.79. The maximum atomic E-state index is 4.54. The van der Waals surface area contributed by atoms with Gasteiger partial charge >= 0.3 is 0 Å². The van der Waals surface area contributed by atoms with Crippen molar-refractivity contribution >= 4 is 11.0 Å². The Morgan fingerprint density at radius 3 is 2.65 bits per heavy atom. The van der Waals surface area contributed by atoms with Crippen LogP contribution in [0.5, 0.6) is 0 Å². The molecule has 1 atom stereocenters. The highest BCUT2D eigenvalue weighted by Crippen LogP contribution is 2.44. The van der Waals surface area contributed by atoms with Crippen molar-refractivity contribution in [2.75, 3.05) is 0 Å². The fourth-order valence-electron chi connectivity index (χ4n) is 3.75. The van der Waals surface area contributed by atoms with Crippen molar-refractivity contribution in [1.29, 1.82) is 0 Å². The Labute approximate surface area is 134 Å². The summed E-state index contributed by atoms with van der Waals surface area (Å²) in [4.78, 5) is 4.54. The van der Waals surface area contributed by atoms with Crippen LogP contribution in [0.4, 0.5) is 0 Å². The van der Waals surface area contributed by atoms with Crippen LogP contribution < -0.4 is 0 Å². The quantitative estimate of drug-likeness (QED) is 0.568. The first kappa shape index (κ1) is 12.6. The molecule has 23 heavy (non-hydrogen) atoms. The molecule has 5 rings (SSSR count). The molecule has 0 bridgehead atoms. The van der Waals surface area contributed by atoms with Crippen molar-refractivity contribution in [1.82, 2.24) is 15.2 Å². The Kier molecular flexibility index (Phi) is 2.62. The highest BCUT2D eigenvalue weighted by atomic mass is 15.1. The Bertz CT molecular complexity index is 1000. The van der Waals surface area contributed by atoms with E-state index in [9.17, 15) is 0 Å². The lowest BCUT2D eigenvalue weighted by molar-refractivity contribution is 0.792. The zero-order chi connectivity index (χ0) is 15.2. The van der Waals surface area contributed by atoms with Crippen LogP contribution in [0.1, 0.15) is 22.6 Å². The summed E-state index contributed by atoms with van der Waals surface area (Å²) in [7, 11) is 0. The van der Waals surface area contributed by atoms with E-state index in [1.807, 2.05) is 12.4 Å².